The van der Waals surface area contributed by atoms with E-state index in [2.05, 4.69) is 37.0 Å². The maximum atomic E-state index is 10.2. The molecule has 0 spiro atoms. The van der Waals surface area contributed by atoms with Gasteiger partial charge in [0, 0.05) is 0 Å². The van der Waals surface area contributed by atoms with Crippen molar-refractivity contribution in [3.05, 3.63) is 10.6 Å². The molecule has 0 saturated heterocycles. The third kappa shape index (κ3) is 31.5. The van der Waals surface area contributed by atoms with E-state index < -0.39 is 0 Å². The van der Waals surface area contributed by atoms with Crippen molar-refractivity contribution in [2.24, 2.45) is 0 Å². The van der Waals surface area contributed by atoms with Crippen LogP contribution in [0.4, 0.5) is 0 Å². The molecule has 0 heterocycles. The quantitative estimate of drug-likeness (QED) is 0.651. The summed E-state index contributed by atoms with van der Waals surface area (Å²) in [5.41, 5.74) is 0. The standard InChI is InChI=1S/2C5H11NO.2BrH.Ti/c2*1-3-5(7)6-4-2;;;/h2*3-4H2,1-2H3,(H,6,7);2*1H;/q;;;;+2/p-4. The number of amides is 2. The molecular weight excluding hydrogens is 388 g/mol. The van der Waals surface area contributed by atoms with E-state index in [0.29, 0.717) is 25.9 Å². The summed E-state index contributed by atoms with van der Waals surface area (Å²) in [5, 5.41) is 7.21. The van der Waals surface area contributed by atoms with Gasteiger partial charge < -0.3 is 20.2 Å². The predicted octanol–water partition coefficient (Wildman–Crippen LogP) is 4.32. The zero-order chi connectivity index (χ0) is 14.1. The molecule has 0 bridgehead atoms. The van der Waals surface area contributed by atoms with Gasteiger partial charge in [-0.3, -0.25) is 0 Å². The molecule has 0 radical (unpaired) electrons. The second-order valence-electron chi connectivity index (χ2n) is 2.51. The van der Waals surface area contributed by atoms with Gasteiger partial charge in [0.15, 0.2) is 0 Å². The first kappa shape index (κ1) is 22.8. The number of carbonyl (C=O) groups is 2. The van der Waals surface area contributed by atoms with Gasteiger partial charge in [-0.25, -0.2) is 0 Å². The van der Waals surface area contributed by atoms with Crippen LogP contribution in [0, 0.1) is 0 Å². The Morgan fingerprint density at radius 2 is 1.12 bits per heavy atom. The first-order chi connectivity index (χ1) is 8.03. The van der Waals surface area contributed by atoms with Crippen LogP contribution in [0.1, 0.15) is 40.5 Å². The van der Waals surface area contributed by atoms with Crippen molar-refractivity contribution in [1.29, 1.82) is 0 Å². The molecule has 4 nitrogen and oxygen atoms in total. The molecule has 102 valence electrons. The molecule has 0 aromatic heterocycles. The Hall–Kier alpha value is 0.614. The third-order valence-electron chi connectivity index (χ3n) is 1.27. The van der Waals surface area contributed by atoms with Gasteiger partial charge in [0.25, 0.3) is 0 Å². The molecule has 7 heteroatoms. The second-order valence-corrected chi connectivity index (χ2v) is 10.4. The first-order valence-electron chi connectivity index (χ1n) is 5.40. The van der Waals surface area contributed by atoms with E-state index in [1.807, 2.05) is 27.7 Å². The number of hydrogen-bond donors (Lipinski definition) is 0. The van der Waals surface area contributed by atoms with Crippen LogP contribution in [-0.4, -0.2) is 24.9 Å². The van der Waals surface area contributed by atoms with Gasteiger partial charge in [0.2, 0.25) is 0 Å². The summed E-state index contributed by atoms with van der Waals surface area (Å²) in [6.07, 6.45) is 1.07. The Balaban J connectivity index is -0.000000188. The van der Waals surface area contributed by atoms with Crippen LogP contribution in [0.25, 0.3) is 10.6 Å². The molecule has 2 amide bonds. The van der Waals surface area contributed by atoms with E-state index in [1.165, 1.54) is 0 Å². The fourth-order valence-electron chi connectivity index (χ4n) is 0.576. The van der Waals surface area contributed by atoms with Crippen molar-refractivity contribution in [3.8, 4) is 0 Å². The van der Waals surface area contributed by atoms with Crippen LogP contribution in [0.2, 0.25) is 0 Å². The van der Waals surface area contributed by atoms with E-state index in [1.54, 1.807) is 0 Å². The van der Waals surface area contributed by atoms with Gasteiger partial charge in [0.05, 0.1) is 11.8 Å². The summed E-state index contributed by atoms with van der Waals surface area (Å²) in [5.74, 6) is 0.00463. The zero-order valence-electron chi connectivity index (χ0n) is 10.8. The molecule has 0 atom stereocenters. The van der Waals surface area contributed by atoms with Crippen LogP contribution < -0.4 is 0 Å². The van der Waals surface area contributed by atoms with E-state index in [-0.39, 0.29) is 26.8 Å². The van der Waals surface area contributed by atoms with Gasteiger partial charge >= 0.3 is 41.3 Å². The predicted molar refractivity (Wildman–Crippen MR) is 76.3 cm³/mol. The normalized spacial score (nSPS) is 7.65. The Morgan fingerprint density at radius 3 is 1.18 bits per heavy atom. The summed E-state index contributed by atoms with van der Waals surface area (Å²) in [7, 11) is 0. The molecular formula is C10H20Br2N2O2Ti-2. The summed E-state index contributed by atoms with van der Waals surface area (Å²) in [4.78, 5) is 20.5. The molecule has 0 rings (SSSR count). The van der Waals surface area contributed by atoms with Crippen LogP contribution in [0.15, 0.2) is 0 Å². The zero-order valence-corrected chi connectivity index (χ0v) is 15.5. The molecule has 17 heavy (non-hydrogen) atoms. The van der Waals surface area contributed by atoms with E-state index >= 15 is 0 Å². The van der Waals surface area contributed by atoms with Gasteiger partial charge in [-0.1, -0.05) is 27.7 Å². The molecule has 0 aliphatic rings. The SMILES string of the molecule is CC[N-]C(=O)CC.CC[N-]C(=O)CC.[Br][Ti][Br]. The van der Waals surface area contributed by atoms with Gasteiger partial charge in [-0.05, 0) is 12.8 Å². The van der Waals surface area contributed by atoms with Gasteiger partial charge in [-0.2, -0.15) is 0 Å². The number of hydrogen-bond acceptors (Lipinski definition) is 2. The maximum absolute atomic E-state index is 10.2. The second kappa shape index (κ2) is 21.9. The topological polar surface area (TPSA) is 62.3 Å². The summed E-state index contributed by atoms with van der Waals surface area (Å²) in [6, 6.07) is 0. The molecule has 0 saturated carbocycles. The van der Waals surface area contributed by atoms with E-state index in [9.17, 15) is 9.59 Å². The summed E-state index contributed by atoms with van der Waals surface area (Å²) >= 11 is 6.50. The van der Waals surface area contributed by atoms with Crippen LogP contribution in [0.5, 0.6) is 0 Å². The third-order valence-corrected chi connectivity index (χ3v) is 1.27. The Morgan fingerprint density at radius 1 is 0.882 bits per heavy atom. The fourth-order valence-corrected chi connectivity index (χ4v) is 0.576. The molecule has 0 aliphatic heterocycles. The number of halogens is 2. The molecule has 0 unspecified atom stereocenters. The van der Waals surface area contributed by atoms with E-state index in [0.717, 1.165) is 0 Å². The molecule has 0 aromatic carbocycles. The average Bonchev–Trinajstić information content (AvgIpc) is 2.31. The Bertz CT molecular complexity index is 166. The minimum atomic E-state index is 0.00231. The molecule has 0 aliphatic carbocycles. The monoisotopic (exact) mass is 406 g/mol. The first-order valence-corrected chi connectivity index (χ1v) is 13.1. The van der Waals surface area contributed by atoms with Crippen LogP contribution in [-0.2, 0) is 24.6 Å². The van der Waals surface area contributed by atoms with Gasteiger partial charge in [0.1, 0.15) is 0 Å². The molecule has 0 fully saturated rings. The van der Waals surface area contributed by atoms with Crippen molar-refractivity contribution < 1.29 is 24.6 Å². The average molecular weight is 408 g/mol. The van der Waals surface area contributed by atoms with Gasteiger partial charge in [-0.15, -0.1) is 13.1 Å². The van der Waals surface area contributed by atoms with Crippen molar-refractivity contribution >= 4 is 38.1 Å². The van der Waals surface area contributed by atoms with E-state index in [4.69, 9.17) is 0 Å². The Labute approximate surface area is 126 Å². The fraction of sp³-hybridized carbons (Fsp3) is 0.800. The van der Waals surface area contributed by atoms with Crippen LogP contribution in [0.3, 0.4) is 0 Å². The van der Waals surface area contributed by atoms with Crippen LogP contribution >= 0.6 is 26.3 Å². The van der Waals surface area contributed by atoms with Crippen molar-refractivity contribution in [3.63, 3.8) is 0 Å². The Kier molecular flexibility index (Phi) is 29.3. The number of carbonyl (C=O) groups excluding carboxylic acids is 2. The summed E-state index contributed by atoms with van der Waals surface area (Å²) in [6.45, 7) is 8.56. The molecule has 0 N–H and O–H groups in total. The van der Waals surface area contributed by atoms with Crippen molar-refractivity contribution in [2.75, 3.05) is 13.1 Å². The number of rotatable bonds is 4. The van der Waals surface area contributed by atoms with Crippen molar-refractivity contribution in [1.82, 2.24) is 0 Å². The minimum absolute atomic E-state index is 0.00231. The molecule has 0 aromatic rings. The number of nitrogens with zero attached hydrogens (tertiary/aromatic N) is 2. The summed E-state index contributed by atoms with van der Waals surface area (Å²) < 4.78 is 0. The van der Waals surface area contributed by atoms with Crippen molar-refractivity contribution in [2.45, 2.75) is 40.5 Å².